The van der Waals surface area contributed by atoms with Crippen molar-refractivity contribution in [2.24, 2.45) is 15.9 Å². The van der Waals surface area contributed by atoms with Gasteiger partial charge in [0, 0.05) is 20.2 Å². The van der Waals surface area contributed by atoms with Gasteiger partial charge in [0.05, 0.1) is 11.6 Å². The normalized spacial score (nSPS) is 24.3. The predicted octanol–water partition coefficient (Wildman–Crippen LogP) is 2.18. The van der Waals surface area contributed by atoms with Crippen molar-refractivity contribution >= 4 is 17.6 Å². The van der Waals surface area contributed by atoms with Crippen LogP contribution < -0.4 is 0 Å². The van der Waals surface area contributed by atoms with Crippen LogP contribution in [0, 0.1) is 5.92 Å². The van der Waals surface area contributed by atoms with E-state index in [1.807, 2.05) is 39.0 Å². The van der Waals surface area contributed by atoms with Crippen LogP contribution in [0.3, 0.4) is 0 Å². The zero-order valence-electron chi connectivity index (χ0n) is 13.4. The lowest BCUT2D eigenvalue weighted by atomic mass is 10.00. The van der Waals surface area contributed by atoms with E-state index in [4.69, 9.17) is 9.47 Å². The fourth-order valence-corrected chi connectivity index (χ4v) is 2.55. The molecule has 3 aliphatic rings. The third-order valence-corrected chi connectivity index (χ3v) is 3.69. The van der Waals surface area contributed by atoms with Gasteiger partial charge in [-0.3, -0.25) is 0 Å². The number of hydrogen-bond acceptors (Lipinski definition) is 5. The van der Waals surface area contributed by atoms with Gasteiger partial charge >= 0.3 is 6.09 Å². The lowest BCUT2D eigenvalue weighted by molar-refractivity contribution is 0.00687. The monoisotopic (exact) mass is 303 g/mol. The Morgan fingerprint density at radius 1 is 1.32 bits per heavy atom. The molecule has 1 atom stereocenters. The van der Waals surface area contributed by atoms with Crippen molar-refractivity contribution in [3.63, 3.8) is 0 Å². The zero-order chi connectivity index (χ0) is 15.9. The van der Waals surface area contributed by atoms with Gasteiger partial charge in [0.1, 0.15) is 23.3 Å². The number of carbonyl (C=O) groups is 1. The molecule has 1 saturated heterocycles. The van der Waals surface area contributed by atoms with Crippen molar-refractivity contribution in [2.75, 3.05) is 20.2 Å². The number of allylic oxidation sites excluding steroid dienone is 2. The highest BCUT2D eigenvalue weighted by molar-refractivity contribution is 6.17. The number of nitrogens with zero attached hydrogens (tertiary/aromatic N) is 3. The number of ether oxygens (including phenoxy) is 2. The summed E-state index contributed by atoms with van der Waals surface area (Å²) in [5.41, 5.74) is 1.25. The number of fused-ring (bicyclic) bond motifs is 1. The summed E-state index contributed by atoms with van der Waals surface area (Å²) in [5, 5.41) is 0. The van der Waals surface area contributed by atoms with Crippen LogP contribution in [0.25, 0.3) is 0 Å². The van der Waals surface area contributed by atoms with Crippen LogP contribution in [-0.2, 0) is 9.47 Å². The van der Waals surface area contributed by atoms with Gasteiger partial charge in [-0.15, -0.1) is 0 Å². The van der Waals surface area contributed by atoms with Crippen molar-refractivity contribution in [3.8, 4) is 0 Å². The van der Waals surface area contributed by atoms with Crippen LogP contribution in [0.15, 0.2) is 33.9 Å². The molecule has 6 nitrogen and oxygen atoms in total. The Morgan fingerprint density at radius 3 is 2.68 bits per heavy atom. The Kier molecular flexibility index (Phi) is 3.64. The van der Waals surface area contributed by atoms with Gasteiger partial charge < -0.3 is 14.4 Å². The molecule has 0 aromatic rings. The van der Waals surface area contributed by atoms with Crippen molar-refractivity contribution < 1.29 is 14.3 Å². The summed E-state index contributed by atoms with van der Waals surface area (Å²) in [7, 11) is 1.66. The van der Waals surface area contributed by atoms with Crippen molar-refractivity contribution in [1.29, 1.82) is 0 Å². The van der Waals surface area contributed by atoms with Gasteiger partial charge in [-0.25, -0.2) is 14.8 Å². The summed E-state index contributed by atoms with van der Waals surface area (Å²) in [4.78, 5) is 22.8. The van der Waals surface area contributed by atoms with E-state index >= 15 is 0 Å². The molecule has 2 aliphatic heterocycles. The van der Waals surface area contributed by atoms with Crippen molar-refractivity contribution in [2.45, 2.75) is 32.5 Å². The van der Waals surface area contributed by atoms with E-state index in [0.717, 1.165) is 17.2 Å². The molecule has 3 rings (SSSR count). The van der Waals surface area contributed by atoms with Crippen LogP contribution in [0.4, 0.5) is 4.79 Å². The summed E-state index contributed by atoms with van der Waals surface area (Å²) < 4.78 is 10.7. The van der Waals surface area contributed by atoms with Crippen LogP contribution in [0.1, 0.15) is 20.8 Å². The van der Waals surface area contributed by atoms with E-state index in [1.54, 1.807) is 12.0 Å². The first-order chi connectivity index (χ1) is 10.4. The van der Waals surface area contributed by atoms with Gasteiger partial charge in [-0.05, 0) is 32.9 Å². The fraction of sp³-hybridized carbons (Fsp3) is 0.562. The lowest BCUT2D eigenvalue weighted by Gasteiger charge is -2.38. The predicted molar refractivity (Wildman–Crippen MR) is 84.2 cm³/mol. The van der Waals surface area contributed by atoms with Crippen LogP contribution in [-0.4, -0.2) is 54.4 Å². The Balaban J connectivity index is 1.61. The largest absolute Gasteiger partial charge is 0.444 e. The first kappa shape index (κ1) is 15.0. The quantitative estimate of drug-likeness (QED) is 0.785. The van der Waals surface area contributed by atoms with E-state index in [0.29, 0.717) is 13.1 Å². The SMILES string of the molecule is COC1C=CC=C2N=C(C3CN(C(=O)OC(C)(C)C)C3)N=C21. The minimum atomic E-state index is -0.468. The van der Waals surface area contributed by atoms with Gasteiger partial charge in [-0.2, -0.15) is 0 Å². The number of methoxy groups -OCH3 is 1. The summed E-state index contributed by atoms with van der Waals surface area (Å²) in [6.07, 6.45) is 5.41. The minimum Gasteiger partial charge on any atom is -0.444 e. The fourth-order valence-electron chi connectivity index (χ4n) is 2.55. The van der Waals surface area contributed by atoms with Crippen molar-refractivity contribution in [1.82, 2.24) is 4.90 Å². The molecule has 1 unspecified atom stereocenters. The van der Waals surface area contributed by atoms with Gasteiger partial charge in [0.15, 0.2) is 0 Å². The molecule has 0 aromatic carbocycles. The summed E-state index contributed by atoms with van der Waals surface area (Å²) in [6.45, 7) is 6.80. The average molecular weight is 303 g/mol. The van der Waals surface area contributed by atoms with E-state index < -0.39 is 5.60 Å². The van der Waals surface area contributed by atoms with E-state index in [2.05, 4.69) is 9.98 Å². The number of aliphatic imine (C=N–C) groups is 2. The molecular weight excluding hydrogens is 282 g/mol. The van der Waals surface area contributed by atoms with E-state index in [9.17, 15) is 4.79 Å². The van der Waals surface area contributed by atoms with E-state index in [1.165, 1.54) is 0 Å². The molecule has 1 amide bonds. The topological polar surface area (TPSA) is 63.5 Å². The number of likely N-dealkylation sites (tertiary alicyclic amines) is 1. The lowest BCUT2D eigenvalue weighted by Crippen LogP contribution is -2.53. The number of amides is 1. The van der Waals surface area contributed by atoms with Gasteiger partial charge in [0.2, 0.25) is 0 Å². The Labute approximate surface area is 130 Å². The molecule has 6 heteroatoms. The number of hydrogen-bond donors (Lipinski definition) is 0. The summed E-state index contributed by atoms with van der Waals surface area (Å²) in [5.74, 6) is 0.954. The molecule has 0 radical (unpaired) electrons. The second kappa shape index (κ2) is 5.35. The Morgan fingerprint density at radius 2 is 2.05 bits per heavy atom. The highest BCUT2D eigenvalue weighted by Crippen LogP contribution is 2.27. The smallest absolute Gasteiger partial charge is 0.410 e. The molecule has 0 bridgehead atoms. The highest BCUT2D eigenvalue weighted by atomic mass is 16.6. The van der Waals surface area contributed by atoms with Gasteiger partial charge in [-0.1, -0.05) is 6.08 Å². The maximum absolute atomic E-state index is 11.9. The molecule has 0 aromatic heterocycles. The van der Waals surface area contributed by atoms with Crippen LogP contribution in [0.5, 0.6) is 0 Å². The maximum atomic E-state index is 11.9. The Bertz CT molecular complexity index is 605. The molecule has 1 aliphatic carbocycles. The van der Waals surface area contributed by atoms with Crippen LogP contribution in [0.2, 0.25) is 0 Å². The zero-order valence-corrected chi connectivity index (χ0v) is 13.4. The number of carbonyl (C=O) groups excluding carboxylic acids is 1. The van der Waals surface area contributed by atoms with Crippen LogP contribution >= 0.6 is 0 Å². The maximum Gasteiger partial charge on any atom is 0.410 e. The second-order valence-corrected chi connectivity index (χ2v) is 6.64. The average Bonchev–Trinajstić information content (AvgIpc) is 2.77. The summed E-state index contributed by atoms with van der Waals surface area (Å²) in [6, 6.07) is 0. The molecule has 0 spiro atoms. The molecule has 0 saturated carbocycles. The first-order valence-corrected chi connectivity index (χ1v) is 7.44. The molecule has 1 fully saturated rings. The molecule has 118 valence electrons. The van der Waals surface area contributed by atoms with Crippen molar-refractivity contribution in [3.05, 3.63) is 23.9 Å². The number of rotatable bonds is 2. The molecule has 0 N–H and O–H groups in total. The molecule has 2 heterocycles. The standard InChI is InChI=1S/C16H21N3O3/c1-16(2,3)22-15(20)19-8-10(9-19)14-17-11-6-5-7-12(21-4)13(11)18-14/h5-7,10,12H,8-9H2,1-4H3. The number of amidine groups is 1. The molecular formula is C16H21N3O3. The first-order valence-electron chi connectivity index (χ1n) is 7.44. The highest BCUT2D eigenvalue weighted by Gasteiger charge is 2.39. The third kappa shape index (κ3) is 2.83. The molecule has 22 heavy (non-hydrogen) atoms. The third-order valence-electron chi connectivity index (χ3n) is 3.69. The minimum absolute atomic E-state index is 0.136. The second-order valence-electron chi connectivity index (χ2n) is 6.64. The van der Waals surface area contributed by atoms with E-state index in [-0.39, 0.29) is 18.1 Å². The van der Waals surface area contributed by atoms with Gasteiger partial charge in [0.25, 0.3) is 0 Å². The Hall–Kier alpha value is -1.95. The summed E-state index contributed by atoms with van der Waals surface area (Å²) >= 11 is 0.